The highest BCUT2D eigenvalue weighted by atomic mass is 35.5. The minimum absolute atomic E-state index is 0.110. The SMILES string of the molecule is Cc1ccc(F)c(Cl)c1C1(CN)CCCCC1. The molecule has 0 aromatic heterocycles. The number of hydrogen-bond donors (Lipinski definition) is 1. The van der Waals surface area contributed by atoms with E-state index in [2.05, 4.69) is 0 Å². The molecule has 0 spiro atoms. The summed E-state index contributed by atoms with van der Waals surface area (Å²) in [6.07, 6.45) is 5.60. The molecule has 0 radical (unpaired) electrons. The molecule has 0 saturated heterocycles. The van der Waals surface area contributed by atoms with Crippen LogP contribution in [0.5, 0.6) is 0 Å². The van der Waals surface area contributed by atoms with Gasteiger partial charge in [0, 0.05) is 12.0 Å². The fourth-order valence-electron chi connectivity index (χ4n) is 3.08. The van der Waals surface area contributed by atoms with Crippen molar-refractivity contribution in [1.82, 2.24) is 0 Å². The molecule has 2 rings (SSSR count). The van der Waals surface area contributed by atoms with Gasteiger partial charge in [0.25, 0.3) is 0 Å². The van der Waals surface area contributed by atoms with Crippen molar-refractivity contribution >= 4 is 11.6 Å². The summed E-state index contributed by atoms with van der Waals surface area (Å²) in [6.45, 7) is 2.55. The van der Waals surface area contributed by atoms with E-state index in [4.69, 9.17) is 17.3 Å². The molecule has 0 aliphatic heterocycles. The van der Waals surface area contributed by atoms with E-state index < -0.39 is 0 Å². The van der Waals surface area contributed by atoms with Crippen molar-refractivity contribution in [2.24, 2.45) is 5.73 Å². The van der Waals surface area contributed by atoms with Crippen LogP contribution in [-0.4, -0.2) is 6.54 Å². The summed E-state index contributed by atoms with van der Waals surface area (Å²) in [5.41, 5.74) is 7.87. The summed E-state index contributed by atoms with van der Waals surface area (Å²) in [5.74, 6) is -0.328. The van der Waals surface area contributed by atoms with Crippen molar-refractivity contribution in [3.63, 3.8) is 0 Å². The molecular formula is C14H19ClFN. The van der Waals surface area contributed by atoms with Crippen molar-refractivity contribution < 1.29 is 4.39 Å². The minimum atomic E-state index is -0.328. The van der Waals surface area contributed by atoms with E-state index in [1.807, 2.05) is 13.0 Å². The minimum Gasteiger partial charge on any atom is -0.330 e. The molecule has 1 saturated carbocycles. The second-order valence-electron chi connectivity index (χ2n) is 5.10. The average Bonchev–Trinajstić information content (AvgIpc) is 2.35. The molecule has 1 aliphatic rings. The maximum atomic E-state index is 13.6. The average molecular weight is 256 g/mol. The van der Waals surface area contributed by atoms with Crippen molar-refractivity contribution in [2.45, 2.75) is 44.4 Å². The molecule has 1 aromatic rings. The van der Waals surface area contributed by atoms with E-state index >= 15 is 0 Å². The normalized spacial score (nSPS) is 19.3. The van der Waals surface area contributed by atoms with Gasteiger partial charge < -0.3 is 5.73 Å². The first-order valence-electron chi connectivity index (χ1n) is 6.26. The van der Waals surface area contributed by atoms with Crippen molar-refractivity contribution in [3.05, 3.63) is 34.1 Å². The quantitative estimate of drug-likeness (QED) is 0.851. The fraction of sp³-hybridized carbons (Fsp3) is 0.571. The van der Waals surface area contributed by atoms with Gasteiger partial charge in [0.05, 0.1) is 5.02 Å². The van der Waals surface area contributed by atoms with Crippen LogP contribution in [0, 0.1) is 12.7 Å². The van der Waals surface area contributed by atoms with Crippen LogP contribution in [0.25, 0.3) is 0 Å². The molecule has 0 atom stereocenters. The zero-order chi connectivity index (χ0) is 12.5. The summed E-state index contributed by atoms with van der Waals surface area (Å²) in [7, 11) is 0. The first kappa shape index (κ1) is 12.8. The molecule has 2 N–H and O–H groups in total. The van der Waals surface area contributed by atoms with E-state index in [0.29, 0.717) is 6.54 Å². The Morgan fingerprint density at radius 1 is 1.29 bits per heavy atom. The van der Waals surface area contributed by atoms with E-state index in [1.54, 1.807) is 0 Å². The Morgan fingerprint density at radius 2 is 1.94 bits per heavy atom. The van der Waals surface area contributed by atoms with Gasteiger partial charge in [-0.3, -0.25) is 0 Å². The van der Waals surface area contributed by atoms with Crippen molar-refractivity contribution in [2.75, 3.05) is 6.54 Å². The summed E-state index contributed by atoms with van der Waals surface area (Å²) >= 11 is 6.17. The maximum Gasteiger partial charge on any atom is 0.142 e. The van der Waals surface area contributed by atoms with Gasteiger partial charge in [0.15, 0.2) is 0 Å². The molecule has 0 amide bonds. The molecule has 3 heteroatoms. The number of halogens is 2. The van der Waals surface area contributed by atoms with Gasteiger partial charge in [-0.2, -0.15) is 0 Å². The Hall–Kier alpha value is -0.600. The Balaban J connectivity index is 2.53. The van der Waals surface area contributed by atoms with Gasteiger partial charge in [0.2, 0.25) is 0 Å². The molecule has 1 aromatic carbocycles. The molecule has 1 aliphatic carbocycles. The lowest BCUT2D eigenvalue weighted by Crippen LogP contribution is -2.38. The molecule has 1 fully saturated rings. The van der Waals surface area contributed by atoms with Crippen LogP contribution in [0.15, 0.2) is 12.1 Å². The Morgan fingerprint density at radius 3 is 2.53 bits per heavy atom. The molecular weight excluding hydrogens is 237 g/mol. The van der Waals surface area contributed by atoms with Gasteiger partial charge in [-0.1, -0.05) is 36.9 Å². The predicted molar refractivity (Wildman–Crippen MR) is 70.0 cm³/mol. The van der Waals surface area contributed by atoms with Crippen LogP contribution in [0.3, 0.4) is 0 Å². The highest BCUT2D eigenvalue weighted by Crippen LogP contribution is 2.43. The highest BCUT2D eigenvalue weighted by Gasteiger charge is 2.36. The van der Waals surface area contributed by atoms with Crippen LogP contribution in [0.2, 0.25) is 5.02 Å². The molecule has 0 bridgehead atoms. The maximum absolute atomic E-state index is 13.6. The van der Waals surface area contributed by atoms with Gasteiger partial charge in [-0.15, -0.1) is 0 Å². The fourth-order valence-corrected chi connectivity index (χ4v) is 3.50. The number of aryl methyl sites for hydroxylation is 1. The zero-order valence-corrected chi connectivity index (χ0v) is 11.0. The second-order valence-corrected chi connectivity index (χ2v) is 5.48. The summed E-state index contributed by atoms with van der Waals surface area (Å²) in [4.78, 5) is 0. The highest BCUT2D eigenvalue weighted by molar-refractivity contribution is 6.31. The second kappa shape index (κ2) is 4.95. The Labute approximate surface area is 107 Å². The molecule has 0 heterocycles. The van der Waals surface area contributed by atoms with E-state index in [9.17, 15) is 4.39 Å². The molecule has 1 nitrogen and oxygen atoms in total. The number of nitrogens with two attached hydrogens (primary N) is 1. The first-order chi connectivity index (χ1) is 8.10. The molecule has 0 unspecified atom stereocenters. The lowest BCUT2D eigenvalue weighted by molar-refractivity contribution is 0.299. The molecule has 94 valence electrons. The Kier molecular flexibility index (Phi) is 3.74. The van der Waals surface area contributed by atoms with Gasteiger partial charge >= 0.3 is 0 Å². The lowest BCUT2D eigenvalue weighted by Gasteiger charge is -2.38. The lowest BCUT2D eigenvalue weighted by atomic mass is 9.68. The number of benzene rings is 1. The smallest absolute Gasteiger partial charge is 0.142 e. The predicted octanol–water partition coefficient (Wildman–Crippen LogP) is 3.95. The monoisotopic (exact) mass is 255 g/mol. The van der Waals surface area contributed by atoms with Crippen LogP contribution in [0.4, 0.5) is 4.39 Å². The van der Waals surface area contributed by atoms with E-state index in [0.717, 1.165) is 36.8 Å². The zero-order valence-electron chi connectivity index (χ0n) is 10.2. The third-order valence-corrected chi connectivity index (χ3v) is 4.40. The number of rotatable bonds is 2. The summed E-state index contributed by atoms with van der Waals surface area (Å²) < 4.78 is 13.6. The van der Waals surface area contributed by atoms with Crippen LogP contribution >= 0.6 is 11.6 Å². The van der Waals surface area contributed by atoms with Gasteiger partial charge in [-0.05, 0) is 37.0 Å². The first-order valence-corrected chi connectivity index (χ1v) is 6.64. The van der Waals surface area contributed by atoms with Gasteiger partial charge in [-0.25, -0.2) is 4.39 Å². The molecule has 17 heavy (non-hydrogen) atoms. The van der Waals surface area contributed by atoms with E-state index in [1.165, 1.54) is 12.5 Å². The number of hydrogen-bond acceptors (Lipinski definition) is 1. The van der Waals surface area contributed by atoms with Crippen molar-refractivity contribution in [1.29, 1.82) is 0 Å². The van der Waals surface area contributed by atoms with Crippen molar-refractivity contribution in [3.8, 4) is 0 Å². The van der Waals surface area contributed by atoms with E-state index in [-0.39, 0.29) is 16.3 Å². The standard InChI is InChI=1S/C14H19ClFN/c1-10-5-6-11(16)13(15)12(10)14(9-17)7-3-2-4-8-14/h5-6H,2-4,7-9,17H2,1H3. The third-order valence-electron chi connectivity index (χ3n) is 4.03. The third kappa shape index (κ3) is 2.21. The van der Waals surface area contributed by atoms with Gasteiger partial charge in [0.1, 0.15) is 5.82 Å². The van der Waals surface area contributed by atoms with Crippen LogP contribution < -0.4 is 5.73 Å². The largest absolute Gasteiger partial charge is 0.330 e. The Bertz CT molecular complexity index is 411. The summed E-state index contributed by atoms with van der Waals surface area (Å²) in [5, 5.41) is 0.275. The van der Waals surface area contributed by atoms with Crippen LogP contribution in [0.1, 0.15) is 43.2 Å². The van der Waals surface area contributed by atoms with Crippen LogP contribution in [-0.2, 0) is 5.41 Å². The topological polar surface area (TPSA) is 26.0 Å². The summed E-state index contributed by atoms with van der Waals surface area (Å²) in [6, 6.07) is 3.25.